The predicted octanol–water partition coefficient (Wildman–Crippen LogP) is 4.62. The quantitative estimate of drug-likeness (QED) is 0.848. The summed E-state index contributed by atoms with van der Waals surface area (Å²) in [7, 11) is 1.96. The molecule has 0 radical (unpaired) electrons. The summed E-state index contributed by atoms with van der Waals surface area (Å²) in [5.74, 6) is 0.0141. The molecule has 0 bridgehead atoms. The van der Waals surface area contributed by atoms with Gasteiger partial charge in [0.15, 0.2) is 0 Å². The van der Waals surface area contributed by atoms with Crippen LogP contribution in [0.5, 0.6) is 0 Å². The molecule has 2 aromatic carbocycles. The van der Waals surface area contributed by atoms with Gasteiger partial charge in [0.2, 0.25) is 0 Å². The fourth-order valence-corrected chi connectivity index (χ4v) is 2.80. The zero-order valence-electron chi connectivity index (χ0n) is 11.7. The summed E-state index contributed by atoms with van der Waals surface area (Å²) in [6.45, 7) is 2.19. The molecule has 0 aliphatic carbocycles. The standard InChI is InChI=1S/C17H19ClFN/c1-12(10-13-8-9-16(19)15(18)11-13)17(20-2)14-6-4-3-5-7-14/h3-9,11-12,17,20H,10H2,1-2H3. The Hall–Kier alpha value is -1.38. The van der Waals surface area contributed by atoms with Crippen LogP contribution in [-0.2, 0) is 6.42 Å². The maximum Gasteiger partial charge on any atom is 0.141 e. The molecule has 1 nitrogen and oxygen atoms in total. The Morgan fingerprint density at radius 3 is 2.45 bits per heavy atom. The summed E-state index contributed by atoms with van der Waals surface area (Å²) in [5, 5.41) is 3.55. The molecule has 0 saturated carbocycles. The van der Waals surface area contributed by atoms with Gasteiger partial charge in [0, 0.05) is 6.04 Å². The molecule has 0 heterocycles. The number of benzene rings is 2. The van der Waals surface area contributed by atoms with Gasteiger partial charge in [0.1, 0.15) is 5.82 Å². The van der Waals surface area contributed by atoms with E-state index < -0.39 is 0 Å². The lowest BCUT2D eigenvalue weighted by atomic mass is 9.89. The van der Waals surface area contributed by atoms with Crippen molar-refractivity contribution in [3.05, 3.63) is 70.5 Å². The van der Waals surface area contributed by atoms with Crippen LogP contribution in [0.25, 0.3) is 0 Å². The van der Waals surface area contributed by atoms with Crippen LogP contribution in [-0.4, -0.2) is 7.05 Å². The Morgan fingerprint density at radius 1 is 1.15 bits per heavy atom. The van der Waals surface area contributed by atoms with E-state index in [0.29, 0.717) is 5.92 Å². The van der Waals surface area contributed by atoms with Crippen LogP contribution in [0.15, 0.2) is 48.5 Å². The van der Waals surface area contributed by atoms with Crippen molar-refractivity contribution >= 4 is 11.6 Å². The lowest BCUT2D eigenvalue weighted by Gasteiger charge is -2.24. The number of nitrogens with one attached hydrogen (secondary N) is 1. The first-order valence-electron chi connectivity index (χ1n) is 6.78. The minimum Gasteiger partial charge on any atom is -0.313 e. The third-order valence-corrected chi connectivity index (χ3v) is 3.87. The molecule has 0 aliphatic rings. The van der Waals surface area contributed by atoms with Gasteiger partial charge >= 0.3 is 0 Å². The highest BCUT2D eigenvalue weighted by Gasteiger charge is 2.18. The zero-order valence-corrected chi connectivity index (χ0v) is 12.5. The van der Waals surface area contributed by atoms with E-state index in [0.717, 1.165) is 12.0 Å². The third kappa shape index (κ3) is 3.59. The number of halogens is 2. The fourth-order valence-electron chi connectivity index (χ4n) is 2.60. The van der Waals surface area contributed by atoms with Crippen LogP contribution in [0.2, 0.25) is 5.02 Å². The molecule has 2 aromatic rings. The highest BCUT2D eigenvalue weighted by molar-refractivity contribution is 6.30. The molecule has 0 spiro atoms. The molecule has 0 aliphatic heterocycles. The summed E-state index contributed by atoms with van der Waals surface area (Å²) in [4.78, 5) is 0. The minimum absolute atomic E-state index is 0.190. The molecule has 0 amide bonds. The second kappa shape index (κ2) is 6.87. The van der Waals surface area contributed by atoms with E-state index in [-0.39, 0.29) is 16.9 Å². The van der Waals surface area contributed by atoms with Gasteiger partial charge in [0.25, 0.3) is 0 Å². The summed E-state index contributed by atoms with van der Waals surface area (Å²) in [6, 6.07) is 15.6. The fraction of sp³-hybridized carbons (Fsp3) is 0.294. The topological polar surface area (TPSA) is 12.0 Å². The molecule has 20 heavy (non-hydrogen) atoms. The maximum absolute atomic E-state index is 13.2. The molecule has 1 N–H and O–H groups in total. The van der Waals surface area contributed by atoms with Crippen molar-refractivity contribution in [2.24, 2.45) is 5.92 Å². The molecule has 0 saturated heterocycles. The SMILES string of the molecule is CNC(c1ccccc1)C(C)Cc1ccc(F)c(Cl)c1. The van der Waals surface area contributed by atoms with Crippen molar-refractivity contribution in [1.82, 2.24) is 5.32 Å². The lowest BCUT2D eigenvalue weighted by molar-refractivity contribution is 0.409. The Balaban J connectivity index is 2.13. The van der Waals surface area contributed by atoms with Crippen LogP contribution in [0.3, 0.4) is 0 Å². The lowest BCUT2D eigenvalue weighted by Crippen LogP contribution is -2.24. The average molecular weight is 292 g/mol. The summed E-state index contributed by atoms with van der Waals surface area (Å²) in [5.41, 5.74) is 2.32. The van der Waals surface area contributed by atoms with Gasteiger partial charge in [-0.05, 0) is 42.6 Å². The molecule has 2 atom stereocenters. The number of hydrogen-bond acceptors (Lipinski definition) is 1. The van der Waals surface area contributed by atoms with Crippen LogP contribution in [0.4, 0.5) is 4.39 Å². The Morgan fingerprint density at radius 2 is 1.85 bits per heavy atom. The van der Waals surface area contributed by atoms with Crippen molar-refractivity contribution < 1.29 is 4.39 Å². The van der Waals surface area contributed by atoms with Gasteiger partial charge in [0.05, 0.1) is 5.02 Å². The van der Waals surface area contributed by atoms with Gasteiger partial charge in [-0.1, -0.05) is 54.9 Å². The average Bonchev–Trinajstić information content (AvgIpc) is 2.45. The molecule has 2 rings (SSSR count). The molecular formula is C17H19ClFN. The van der Waals surface area contributed by atoms with Gasteiger partial charge in [-0.15, -0.1) is 0 Å². The highest BCUT2D eigenvalue weighted by atomic mass is 35.5. The van der Waals surface area contributed by atoms with Gasteiger partial charge in [-0.2, -0.15) is 0 Å². The third-order valence-electron chi connectivity index (χ3n) is 3.58. The molecule has 0 fully saturated rings. The Labute approximate surface area is 124 Å². The number of hydrogen-bond donors (Lipinski definition) is 1. The van der Waals surface area contributed by atoms with E-state index in [1.54, 1.807) is 12.1 Å². The second-order valence-corrected chi connectivity index (χ2v) is 5.51. The monoisotopic (exact) mass is 291 g/mol. The Kier molecular flexibility index (Phi) is 5.16. The largest absolute Gasteiger partial charge is 0.313 e. The molecule has 2 unspecified atom stereocenters. The molecular weight excluding hydrogens is 273 g/mol. The summed E-state index contributed by atoms with van der Waals surface area (Å²) < 4.78 is 13.2. The van der Waals surface area contributed by atoms with Crippen molar-refractivity contribution in [2.45, 2.75) is 19.4 Å². The normalized spacial score (nSPS) is 14.0. The van der Waals surface area contributed by atoms with Crippen molar-refractivity contribution in [2.75, 3.05) is 7.05 Å². The first kappa shape index (κ1) is 15.0. The first-order chi connectivity index (χ1) is 9.61. The summed E-state index contributed by atoms with van der Waals surface area (Å²) in [6.07, 6.45) is 0.848. The van der Waals surface area contributed by atoms with E-state index in [9.17, 15) is 4.39 Å². The molecule has 3 heteroatoms. The van der Waals surface area contributed by atoms with E-state index in [1.807, 2.05) is 25.2 Å². The summed E-state index contributed by atoms with van der Waals surface area (Å²) >= 11 is 5.84. The first-order valence-corrected chi connectivity index (χ1v) is 7.15. The van der Waals surface area contributed by atoms with Crippen molar-refractivity contribution in [3.8, 4) is 0 Å². The minimum atomic E-state index is -0.365. The smallest absolute Gasteiger partial charge is 0.141 e. The second-order valence-electron chi connectivity index (χ2n) is 5.11. The number of rotatable bonds is 5. The van der Waals surface area contributed by atoms with E-state index in [2.05, 4.69) is 24.4 Å². The van der Waals surface area contributed by atoms with Gasteiger partial charge in [-0.3, -0.25) is 0 Å². The van der Waals surface area contributed by atoms with Crippen LogP contribution < -0.4 is 5.32 Å². The van der Waals surface area contributed by atoms with Crippen LogP contribution in [0, 0.1) is 11.7 Å². The van der Waals surface area contributed by atoms with Crippen LogP contribution >= 0.6 is 11.6 Å². The zero-order chi connectivity index (χ0) is 14.5. The van der Waals surface area contributed by atoms with E-state index in [4.69, 9.17) is 11.6 Å². The van der Waals surface area contributed by atoms with Gasteiger partial charge in [-0.25, -0.2) is 4.39 Å². The molecule has 0 aromatic heterocycles. The molecule has 106 valence electrons. The van der Waals surface area contributed by atoms with Crippen LogP contribution in [0.1, 0.15) is 24.1 Å². The maximum atomic E-state index is 13.2. The van der Waals surface area contributed by atoms with E-state index >= 15 is 0 Å². The highest BCUT2D eigenvalue weighted by Crippen LogP contribution is 2.26. The van der Waals surface area contributed by atoms with E-state index in [1.165, 1.54) is 11.6 Å². The van der Waals surface area contributed by atoms with Crippen molar-refractivity contribution in [1.29, 1.82) is 0 Å². The van der Waals surface area contributed by atoms with Gasteiger partial charge < -0.3 is 5.32 Å². The predicted molar refractivity (Wildman–Crippen MR) is 82.5 cm³/mol. The Bertz CT molecular complexity index is 556. The van der Waals surface area contributed by atoms with Crippen molar-refractivity contribution in [3.63, 3.8) is 0 Å².